The first-order valence-corrected chi connectivity index (χ1v) is 9.79. The fourth-order valence-corrected chi connectivity index (χ4v) is 4.01. The van der Waals surface area contributed by atoms with E-state index < -0.39 is 18.3 Å². The summed E-state index contributed by atoms with van der Waals surface area (Å²) in [5.74, 6) is 6.74. The number of rotatable bonds is 6. The van der Waals surface area contributed by atoms with Crippen LogP contribution in [0.4, 0.5) is 18.9 Å². The summed E-state index contributed by atoms with van der Waals surface area (Å²) >= 11 is 0. The Morgan fingerprint density at radius 1 is 1.10 bits per heavy atom. The molecule has 1 atom stereocenters. The molecule has 1 unspecified atom stereocenters. The summed E-state index contributed by atoms with van der Waals surface area (Å²) < 4.78 is 43.5. The van der Waals surface area contributed by atoms with E-state index in [1.807, 2.05) is 60.4 Å². The highest BCUT2D eigenvalue weighted by molar-refractivity contribution is 5.85. The van der Waals surface area contributed by atoms with Crippen LogP contribution >= 0.6 is 12.4 Å². The molecule has 8 heteroatoms. The maximum absolute atomic E-state index is 12.8. The number of nitrogens with two attached hydrogens (primary N) is 1. The average molecular weight is 444 g/mol. The summed E-state index contributed by atoms with van der Waals surface area (Å²) in [5.41, 5.74) is 2.21. The molecule has 0 radical (unpaired) electrons. The van der Waals surface area contributed by atoms with Crippen LogP contribution in [0.2, 0.25) is 0 Å². The highest BCUT2D eigenvalue weighted by Gasteiger charge is 2.40. The van der Waals surface area contributed by atoms with E-state index in [9.17, 15) is 13.2 Å². The van der Waals surface area contributed by atoms with E-state index >= 15 is 0 Å². The number of nitrogens with zero attached hydrogens (tertiary/aromatic N) is 2. The fraction of sp³-hybridized carbons (Fsp3) is 0.455. The molecule has 1 heterocycles. The number of alkyl halides is 3. The maximum Gasteiger partial charge on any atom is 0.422 e. The SMILES string of the molecule is CN(C)c1ccc(OCC(F)(F)F)c(CC2(c3ccccc3)CCCCN2N)c1.Cl. The van der Waals surface area contributed by atoms with E-state index in [-0.39, 0.29) is 18.2 Å². The average Bonchev–Trinajstić information content (AvgIpc) is 2.68. The molecular weight excluding hydrogens is 415 g/mol. The number of hydrazine groups is 1. The van der Waals surface area contributed by atoms with Gasteiger partial charge in [0.2, 0.25) is 0 Å². The third-order valence-electron chi connectivity index (χ3n) is 5.53. The van der Waals surface area contributed by atoms with Crippen LogP contribution in [0.1, 0.15) is 30.4 Å². The van der Waals surface area contributed by atoms with Gasteiger partial charge < -0.3 is 9.64 Å². The Bertz CT molecular complexity index is 817. The molecule has 1 aliphatic rings. The first-order chi connectivity index (χ1) is 13.7. The van der Waals surface area contributed by atoms with Crippen LogP contribution in [-0.2, 0) is 12.0 Å². The third-order valence-corrected chi connectivity index (χ3v) is 5.53. The largest absolute Gasteiger partial charge is 0.484 e. The molecule has 0 amide bonds. The van der Waals surface area contributed by atoms with Gasteiger partial charge in [0.25, 0.3) is 0 Å². The molecule has 0 saturated carbocycles. The van der Waals surface area contributed by atoms with Gasteiger partial charge in [-0.2, -0.15) is 13.2 Å². The van der Waals surface area contributed by atoms with Crippen LogP contribution in [0, 0.1) is 0 Å². The van der Waals surface area contributed by atoms with Gasteiger partial charge in [-0.05, 0) is 55.0 Å². The standard InChI is InChI=1S/C22H28F3N3O.ClH/c1-27(2)19-10-11-20(29-16-22(23,24)25)17(14-19)15-21(12-6-7-13-28(21)26)18-8-4-3-5-9-18;/h3-5,8-11,14H,6-7,12-13,15-16,26H2,1-2H3;1H. The van der Waals surface area contributed by atoms with Gasteiger partial charge in [-0.15, -0.1) is 12.4 Å². The van der Waals surface area contributed by atoms with Gasteiger partial charge in [-0.3, -0.25) is 5.84 Å². The lowest BCUT2D eigenvalue weighted by Gasteiger charge is -2.45. The Labute approximate surface area is 182 Å². The van der Waals surface area contributed by atoms with Crippen molar-refractivity contribution in [1.29, 1.82) is 0 Å². The fourth-order valence-electron chi connectivity index (χ4n) is 4.01. The third kappa shape index (κ3) is 5.59. The molecule has 2 aromatic rings. The van der Waals surface area contributed by atoms with E-state index in [4.69, 9.17) is 10.6 Å². The number of hydrogen-bond donors (Lipinski definition) is 1. The first-order valence-electron chi connectivity index (χ1n) is 9.79. The lowest BCUT2D eigenvalue weighted by molar-refractivity contribution is -0.153. The van der Waals surface area contributed by atoms with E-state index in [1.54, 1.807) is 12.1 Å². The number of ether oxygens (including phenoxy) is 1. The van der Waals surface area contributed by atoms with Crippen molar-refractivity contribution in [2.75, 3.05) is 32.1 Å². The summed E-state index contributed by atoms with van der Waals surface area (Å²) in [6, 6.07) is 15.3. The van der Waals surface area contributed by atoms with Crippen LogP contribution in [0.15, 0.2) is 48.5 Å². The maximum atomic E-state index is 12.8. The molecule has 0 aromatic heterocycles. The zero-order chi connectivity index (χ0) is 21.1. The Morgan fingerprint density at radius 2 is 1.80 bits per heavy atom. The minimum Gasteiger partial charge on any atom is -0.484 e. The van der Waals surface area contributed by atoms with E-state index in [2.05, 4.69) is 0 Å². The topological polar surface area (TPSA) is 41.7 Å². The van der Waals surface area contributed by atoms with Gasteiger partial charge in [0, 0.05) is 26.3 Å². The highest BCUT2D eigenvalue weighted by atomic mass is 35.5. The summed E-state index contributed by atoms with van der Waals surface area (Å²) in [7, 11) is 3.80. The van der Waals surface area contributed by atoms with E-state index in [0.717, 1.165) is 42.6 Å². The van der Waals surface area contributed by atoms with Gasteiger partial charge in [-0.25, -0.2) is 5.01 Å². The molecule has 166 valence electrons. The smallest absolute Gasteiger partial charge is 0.422 e. The molecule has 2 N–H and O–H groups in total. The van der Waals surface area contributed by atoms with Crippen LogP contribution < -0.4 is 15.5 Å². The molecule has 1 saturated heterocycles. The highest BCUT2D eigenvalue weighted by Crippen LogP contribution is 2.41. The first kappa shape index (κ1) is 24.3. The minimum absolute atomic E-state index is 0. The molecule has 4 nitrogen and oxygen atoms in total. The molecule has 30 heavy (non-hydrogen) atoms. The molecule has 0 bridgehead atoms. The number of halogens is 4. The van der Waals surface area contributed by atoms with Crippen molar-refractivity contribution in [3.05, 3.63) is 59.7 Å². The van der Waals surface area contributed by atoms with Crippen molar-refractivity contribution < 1.29 is 17.9 Å². The van der Waals surface area contributed by atoms with Crippen molar-refractivity contribution >= 4 is 18.1 Å². The molecule has 1 aliphatic heterocycles. The molecule has 2 aromatic carbocycles. The van der Waals surface area contributed by atoms with Gasteiger partial charge in [-0.1, -0.05) is 30.3 Å². The van der Waals surface area contributed by atoms with E-state index in [0.29, 0.717) is 6.42 Å². The van der Waals surface area contributed by atoms with Gasteiger partial charge in [0.05, 0.1) is 5.54 Å². The number of anilines is 1. The number of benzene rings is 2. The summed E-state index contributed by atoms with van der Waals surface area (Å²) in [4.78, 5) is 1.92. The normalized spacial score (nSPS) is 19.8. The second-order valence-electron chi connectivity index (χ2n) is 7.82. The van der Waals surface area contributed by atoms with Crippen molar-refractivity contribution in [2.45, 2.75) is 37.4 Å². The zero-order valence-electron chi connectivity index (χ0n) is 17.3. The van der Waals surface area contributed by atoms with Crippen molar-refractivity contribution in [2.24, 2.45) is 5.84 Å². The Balaban J connectivity index is 0.00000320. The molecule has 0 aliphatic carbocycles. The lowest BCUT2D eigenvalue weighted by atomic mass is 9.77. The van der Waals surface area contributed by atoms with Gasteiger partial charge in [0.15, 0.2) is 6.61 Å². The Morgan fingerprint density at radius 3 is 2.40 bits per heavy atom. The predicted octanol–water partition coefficient (Wildman–Crippen LogP) is 4.91. The summed E-state index contributed by atoms with van der Waals surface area (Å²) in [6.07, 6.45) is -1.07. The molecule has 0 spiro atoms. The zero-order valence-corrected chi connectivity index (χ0v) is 18.1. The Hall–Kier alpha value is -1.96. The van der Waals surface area contributed by atoms with Crippen LogP contribution in [0.5, 0.6) is 5.75 Å². The summed E-state index contributed by atoms with van der Waals surface area (Å²) in [5, 5.41) is 1.85. The van der Waals surface area contributed by atoms with Crippen LogP contribution in [-0.4, -0.2) is 38.4 Å². The van der Waals surface area contributed by atoms with Crippen molar-refractivity contribution in [3.8, 4) is 5.75 Å². The molecule has 3 rings (SSSR count). The molecule has 1 fully saturated rings. The lowest BCUT2D eigenvalue weighted by Crippen LogP contribution is -2.54. The summed E-state index contributed by atoms with van der Waals surface area (Å²) in [6.45, 7) is -0.576. The molecular formula is C22H29ClF3N3O. The van der Waals surface area contributed by atoms with Crippen molar-refractivity contribution in [1.82, 2.24) is 5.01 Å². The monoisotopic (exact) mass is 443 g/mol. The van der Waals surface area contributed by atoms with E-state index in [1.165, 1.54) is 0 Å². The second kappa shape index (κ2) is 9.90. The van der Waals surface area contributed by atoms with Gasteiger partial charge in [0.1, 0.15) is 5.75 Å². The van der Waals surface area contributed by atoms with Crippen molar-refractivity contribution in [3.63, 3.8) is 0 Å². The van der Waals surface area contributed by atoms with Gasteiger partial charge >= 0.3 is 6.18 Å². The van der Waals surface area contributed by atoms with Crippen LogP contribution in [0.25, 0.3) is 0 Å². The van der Waals surface area contributed by atoms with Crippen LogP contribution in [0.3, 0.4) is 0 Å². The number of hydrogen-bond acceptors (Lipinski definition) is 4. The predicted molar refractivity (Wildman–Crippen MR) is 116 cm³/mol. The quantitative estimate of drug-likeness (QED) is 0.644. The Kier molecular flexibility index (Phi) is 8.02. The number of piperidine rings is 1. The minimum atomic E-state index is -4.39. The second-order valence-corrected chi connectivity index (χ2v) is 7.82.